The molecule has 0 aliphatic heterocycles. The first kappa shape index (κ1) is 10.6. The quantitative estimate of drug-likeness (QED) is 0.728. The second-order valence-electron chi connectivity index (χ2n) is 4.82. The van der Waals surface area contributed by atoms with Crippen LogP contribution in [0.15, 0.2) is 0 Å². The largest absolute Gasteiger partial charge is 0.480 e. The first-order valence-corrected chi connectivity index (χ1v) is 5.61. The zero-order valence-electron chi connectivity index (χ0n) is 8.74. The lowest BCUT2D eigenvalue weighted by atomic mass is 9.70. The molecule has 2 aliphatic rings. The summed E-state index contributed by atoms with van der Waals surface area (Å²) in [5.74, 6) is -1.26. The Labute approximate surface area is 88.8 Å². The van der Waals surface area contributed by atoms with E-state index in [4.69, 9.17) is 10.8 Å². The van der Waals surface area contributed by atoms with E-state index in [1.165, 1.54) is 0 Å². The van der Waals surface area contributed by atoms with Crippen LogP contribution in [0.5, 0.6) is 0 Å². The molecule has 4 nitrogen and oxygen atoms in total. The number of ketones is 1. The number of aliphatic carboxylic acids is 1. The second kappa shape index (κ2) is 3.59. The van der Waals surface area contributed by atoms with Crippen molar-refractivity contribution >= 4 is 11.8 Å². The van der Waals surface area contributed by atoms with Gasteiger partial charge < -0.3 is 10.8 Å². The molecule has 2 saturated carbocycles. The first-order chi connectivity index (χ1) is 7.05. The molecule has 15 heavy (non-hydrogen) atoms. The minimum atomic E-state index is -1.29. The van der Waals surface area contributed by atoms with Crippen molar-refractivity contribution in [2.45, 2.75) is 44.1 Å². The van der Waals surface area contributed by atoms with E-state index in [0.29, 0.717) is 12.8 Å². The highest BCUT2D eigenvalue weighted by Crippen LogP contribution is 2.40. The van der Waals surface area contributed by atoms with Crippen molar-refractivity contribution in [2.75, 3.05) is 0 Å². The van der Waals surface area contributed by atoms with E-state index in [-0.39, 0.29) is 11.7 Å². The molecule has 0 bridgehead atoms. The minimum Gasteiger partial charge on any atom is -0.480 e. The van der Waals surface area contributed by atoms with Crippen LogP contribution in [0.2, 0.25) is 0 Å². The van der Waals surface area contributed by atoms with E-state index < -0.39 is 17.4 Å². The Balaban J connectivity index is 2.18. The van der Waals surface area contributed by atoms with Crippen molar-refractivity contribution in [1.29, 1.82) is 0 Å². The maximum atomic E-state index is 11.9. The highest BCUT2D eigenvalue weighted by molar-refractivity contribution is 5.93. The third-order valence-corrected chi connectivity index (χ3v) is 3.68. The predicted octanol–water partition coefficient (Wildman–Crippen LogP) is 0.938. The molecule has 2 aliphatic carbocycles. The molecule has 0 saturated heterocycles. The predicted molar refractivity (Wildman–Crippen MR) is 54.2 cm³/mol. The van der Waals surface area contributed by atoms with Gasteiger partial charge in [0.1, 0.15) is 11.3 Å². The topological polar surface area (TPSA) is 80.4 Å². The molecule has 0 aromatic carbocycles. The average Bonchev–Trinajstić information content (AvgIpc) is 3.00. The van der Waals surface area contributed by atoms with E-state index in [2.05, 4.69) is 0 Å². The van der Waals surface area contributed by atoms with Gasteiger partial charge >= 0.3 is 5.97 Å². The third-order valence-electron chi connectivity index (χ3n) is 3.68. The van der Waals surface area contributed by atoms with Crippen molar-refractivity contribution in [3.63, 3.8) is 0 Å². The third kappa shape index (κ3) is 1.78. The summed E-state index contributed by atoms with van der Waals surface area (Å²) in [6, 6.07) is 0. The Morgan fingerprint density at radius 2 is 1.87 bits per heavy atom. The number of hydrogen-bond donors (Lipinski definition) is 2. The summed E-state index contributed by atoms with van der Waals surface area (Å²) in [6.07, 6.45) is 4.67. The lowest BCUT2D eigenvalue weighted by Crippen LogP contribution is -2.58. The van der Waals surface area contributed by atoms with Crippen molar-refractivity contribution in [3.05, 3.63) is 0 Å². The fourth-order valence-electron chi connectivity index (χ4n) is 2.50. The fourth-order valence-corrected chi connectivity index (χ4v) is 2.50. The van der Waals surface area contributed by atoms with Gasteiger partial charge in [0.05, 0.1) is 0 Å². The molecule has 84 valence electrons. The van der Waals surface area contributed by atoms with Gasteiger partial charge in [-0.2, -0.15) is 0 Å². The Morgan fingerprint density at radius 1 is 1.20 bits per heavy atom. The van der Waals surface area contributed by atoms with E-state index in [0.717, 1.165) is 25.7 Å². The van der Waals surface area contributed by atoms with Crippen LogP contribution in [0.3, 0.4) is 0 Å². The van der Waals surface area contributed by atoms with Gasteiger partial charge in [0, 0.05) is 11.8 Å². The Hall–Kier alpha value is -0.900. The normalized spacial score (nSPS) is 36.2. The smallest absolute Gasteiger partial charge is 0.324 e. The van der Waals surface area contributed by atoms with Crippen LogP contribution in [0.1, 0.15) is 38.5 Å². The Morgan fingerprint density at radius 3 is 2.40 bits per heavy atom. The van der Waals surface area contributed by atoms with Crippen LogP contribution >= 0.6 is 0 Å². The number of carbonyl (C=O) groups is 2. The number of carbonyl (C=O) groups excluding carboxylic acids is 1. The highest BCUT2D eigenvalue weighted by Gasteiger charge is 2.50. The molecule has 2 rings (SSSR count). The van der Waals surface area contributed by atoms with Crippen molar-refractivity contribution in [1.82, 2.24) is 0 Å². The van der Waals surface area contributed by atoms with Gasteiger partial charge in [-0.25, -0.2) is 0 Å². The molecular weight excluding hydrogens is 194 g/mol. The Kier molecular flexibility index (Phi) is 2.54. The average molecular weight is 211 g/mol. The summed E-state index contributed by atoms with van der Waals surface area (Å²) >= 11 is 0. The molecule has 2 atom stereocenters. The molecule has 0 spiro atoms. The molecule has 0 heterocycles. The van der Waals surface area contributed by atoms with Gasteiger partial charge in [0.15, 0.2) is 0 Å². The van der Waals surface area contributed by atoms with Crippen molar-refractivity contribution in [2.24, 2.45) is 17.6 Å². The molecule has 4 heteroatoms. The fraction of sp³-hybridized carbons (Fsp3) is 0.818. The van der Waals surface area contributed by atoms with Crippen molar-refractivity contribution < 1.29 is 14.7 Å². The zero-order chi connectivity index (χ0) is 11.1. The summed E-state index contributed by atoms with van der Waals surface area (Å²) in [4.78, 5) is 23.1. The highest BCUT2D eigenvalue weighted by atomic mass is 16.4. The monoisotopic (exact) mass is 211 g/mol. The summed E-state index contributed by atoms with van der Waals surface area (Å²) in [5.41, 5.74) is 4.60. The Bertz CT molecular complexity index is 298. The van der Waals surface area contributed by atoms with Crippen LogP contribution < -0.4 is 5.73 Å². The molecule has 0 aromatic heterocycles. The number of hydrogen-bond acceptors (Lipinski definition) is 3. The van der Waals surface area contributed by atoms with Crippen LogP contribution in [-0.2, 0) is 9.59 Å². The summed E-state index contributed by atoms with van der Waals surface area (Å²) < 4.78 is 0. The number of rotatable bonds is 3. The lowest BCUT2D eigenvalue weighted by Gasteiger charge is -2.36. The maximum Gasteiger partial charge on any atom is 0.324 e. The van der Waals surface area contributed by atoms with Gasteiger partial charge in [0.2, 0.25) is 0 Å². The molecule has 2 fully saturated rings. The van der Waals surface area contributed by atoms with E-state index in [1.54, 1.807) is 0 Å². The molecule has 0 amide bonds. The minimum absolute atomic E-state index is 0.0969. The van der Waals surface area contributed by atoms with E-state index in [1.807, 2.05) is 0 Å². The van der Waals surface area contributed by atoms with Gasteiger partial charge in [-0.3, -0.25) is 9.59 Å². The van der Waals surface area contributed by atoms with Crippen LogP contribution in [0, 0.1) is 11.8 Å². The molecule has 0 aromatic rings. The van der Waals surface area contributed by atoms with Crippen LogP contribution in [-0.4, -0.2) is 22.4 Å². The molecule has 0 radical (unpaired) electrons. The molecule has 2 unspecified atom stereocenters. The van der Waals surface area contributed by atoms with Crippen LogP contribution in [0.4, 0.5) is 0 Å². The van der Waals surface area contributed by atoms with E-state index in [9.17, 15) is 9.59 Å². The number of Topliss-reactive ketones (excluding diaryl/α,β-unsaturated/α-hetero) is 1. The van der Waals surface area contributed by atoms with Gasteiger partial charge in [0.25, 0.3) is 0 Å². The summed E-state index contributed by atoms with van der Waals surface area (Å²) in [6.45, 7) is 0. The summed E-state index contributed by atoms with van der Waals surface area (Å²) in [5, 5.41) is 9.14. The molecule has 3 N–H and O–H groups in total. The number of carboxylic acid groups (broad SMARTS) is 1. The van der Waals surface area contributed by atoms with Gasteiger partial charge in [-0.1, -0.05) is 12.8 Å². The van der Waals surface area contributed by atoms with Crippen LogP contribution in [0.25, 0.3) is 0 Å². The van der Waals surface area contributed by atoms with Crippen molar-refractivity contribution in [3.8, 4) is 0 Å². The van der Waals surface area contributed by atoms with E-state index >= 15 is 0 Å². The standard InChI is InChI=1S/C11H17NO3/c12-11(10(14)15)6-2-1-3-8(11)9(13)7-4-5-7/h7-8H,1-6,12H2,(H,14,15). The first-order valence-electron chi connectivity index (χ1n) is 5.61. The SMILES string of the molecule is NC1(C(=O)O)CCCCC1C(=O)C1CC1. The number of carboxylic acids is 1. The zero-order valence-corrected chi connectivity index (χ0v) is 8.74. The second-order valence-corrected chi connectivity index (χ2v) is 4.82. The maximum absolute atomic E-state index is 11.9. The van der Waals surface area contributed by atoms with Gasteiger partial charge in [-0.05, 0) is 25.7 Å². The summed E-state index contributed by atoms with van der Waals surface area (Å²) in [7, 11) is 0. The molecular formula is C11H17NO3. The lowest BCUT2D eigenvalue weighted by molar-refractivity contribution is -0.151. The number of nitrogens with two attached hydrogens (primary N) is 1. The van der Waals surface area contributed by atoms with Gasteiger partial charge in [-0.15, -0.1) is 0 Å².